The second-order valence-electron chi connectivity index (χ2n) is 17.2. The Morgan fingerprint density at radius 1 is 0.448 bits per heavy atom. The highest BCUT2D eigenvalue weighted by molar-refractivity contribution is 9.10. The molecule has 1 atom stereocenters. The number of hydrogen-bond donors (Lipinski definition) is 0. The maximum atomic E-state index is 13.4. The van der Waals surface area contributed by atoms with Gasteiger partial charge in [0.2, 0.25) is 0 Å². The van der Waals surface area contributed by atoms with Crippen molar-refractivity contribution in [1.29, 1.82) is 0 Å². The molecule has 6 heteroatoms. The summed E-state index contributed by atoms with van der Waals surface area (Å²) in [5.41, 5.74) is 7.58. The molecule has 0 spiro atoms. The number of aryl methyl sites for hydroxylation is 1. The Hall–Kier alpha value is -8.06. The van der Waals surface area contributed by atoms with Crippen molar-refractivity contribution in [3.05, 3.63) is 256 Å². The molecule has 11 rings (SSSR count). The highest BCUT2D eigenvalue weighted by Crippen LogP contribution is 2.46. The largest absolute Gasteiger partial charge is 0.423 e. The lowest BCUT2D eigenvalue weighted by Gasteiger charge is -2.33. The van der Waals surface area contributed by atoms with Crippen LogP contribution in [0.2, 0.25) is 0 Å². The monoisotopic (exact) mass is 931 g/mol. The summed E-state index contributed by atoms with van der Waals surface area (Å²) in [6.45, 7) is 4.31. The van der Waals surface area contributed by atoms with Crippen LogP contribution in [0.1, 0.15) is 49.9 Å². The second kappa shape index (κ2) is 17.1. The van der Waals surface area contributed by atoms with E-state index < -0.39 is 17.4 Å². The molecule has 67 heavy (non-hydrogen) atoms. The van der Waals surface area contributed by atoms with Crippen molar-refractivity contribution in [2.75, 3.05) is 4.90 Å². The minimum atomic E-state index is -0.699. The van der Waals surface area contributed by atoms with Gasteiger partial charge < -0.3 is 14.4 Å². The molecule has 11 aromatic rings. The zero-order valence-electron chi connectivity index (χ0n) is 36.7. The highest BCUT2D eigenvalue weighted by Gasteiger charge is 2.32. The molecule has 0 radical (unpaired) electrons. The molecule has 0 bridgehead atoms. The summed E-state index contributed by atoms with van der Waals surface area (Å²) >= 11 is 3.44. The number of ether oxygens (including phenoxy) is 2. The fourth-order valence-electron chi connectivity index (χ4n) is 9.43. The molecule has 0 saturated heterocycles. The molecule has 1 unspecified atom stereocenters. The maximum absolute atomic E-state index is 13.4. The van der Waals surface area contributed by atoms with Crippen LogP contribution < -0.4 is 14.4 Å². The number of rotatable bonds is 10. The van der Waals surface area contributed by atoms with Crippen molar-refractivity contribution in [3.63, 3.8) is 0 Å². The lowest BCUT2D eigenvalue weighted by Crippen LogP contribution is -2.25. The Morgan fingerprint density at radius 2 is 0.910 bits per heavy atom. The summed E-state index contributed by atoms with van der Waals surface area (Å²) < 4.78 is 12.6. The number of benzene rings is 11. The molecular weight excluding hydrogens is 891 g/mol. The quantitative estimate of drug-likeness (QED) is 0.0592. The first-order valence-corrected chi connectivity index (χ1v) is 23.0. The van der Waals surface area contributed by atoms with Crippen LogP contribution in [0.15, 0.2) is 223 Å². The smallest absolute Gasteiger partial charge is 0.343 e. The summed E-state index contributed by atoms with van der Waals surface area (Å²) in [6.07, 6.45) is 0. The highest BCUT2D eigenvalue weighted by atomic mass is 79.9. The number of nitrogens with zero attached hydrogens (tertiary/aromatic N) is 1. The maximum Gasteiger partial charge on any atom is 0.343 e. The molecule has 0 saturated carbocycles. The Bertz CT molecular complexity index is 3610. The first-order valence-electron chi connectivity index (χ1n) is 22.2. The van der Waals surface area contributed by atoms with E-state index in [1.165, 1.54) is 37.9 Å². The van der Waals surface area contributed by atoms with Crippen LogP contribution in [0.25, 0.3) is 43.1 Å². The normalized spacial score (nSPS) is 12.3. The molecule has 0 aromatic heterocycles. The topological polar surface area (TPSA) is 55.8 Å². The third-order valence-corrected chi connectivity index (χ3v) is 13.6. The van der Waals surface area contributed by atoms with Gasteiger partial charge >= 0.3 is 11.9 Å². The molecule has 0 aliphatic rings. The van der Waals surface area contributed by atoms with E-state index in [0.717, 1.165) is 49.0 Å². The van der Waals surface area contributed by atoms with Crippen LogP contribution in [0.3, 0.4) is 0 Å². The van der Waals surface area contributed by atoms with Gasteiger partial charge in [0, 0.05) is 26.6 Å². The number of hydrogen-bond acceptors (Lipinski definition) is 5. The number of carbonyl (C=O) groups excluding carboxylic acids is 2. The van der Waals surface area contributed by atoms with Crippen LogP contribution in [0.5, 0.6) is 11.5 Å². The molecule has 0 fully saturated rings. The van der Waals surface area contributed by atoms with E-state index in [1.807, 2.05) is 97.1 Å². The van der Waals surface area contributed by atoms with Gasteiger partial charge in [0.05, 0.1) is 16.8 Å². The average Bonchev–Trinajstić information content (AvgIpc) is 3.37. The third kappa shape index (κ3) is 7.75. The predicted molar refractivity (Wildman–Crippen MR) is 276 cm³/mol. The average molecular weight is 933 g/mol. The molecule has 5 nitrogen and oxygen atoms in total. The van der Waals surface area contributed by atoms with E-state index in [2.05, 4.69) is 138 Å². The van der Waals surface area contributed by atoms with Gasteiger partial charge in [0.15, 0.2) is 0 Å². The van der Waals surface area contributed by atoms with Crippen LogP contribution in [-0.2, 0) is 5.41 Å². The van der Waals surface area contributed by atoms with Gasteiger partial charge in [-0.3, -0.25) is 0 Å². The van der Waals surface area contributed by atoms with Gasteiger partial charge in [0.1, 0.15) is 11.5 Å². The molecule has 0 heterocycles. The molecule has 0 amide bonds. The van der Waals surface area contributed by atoms with Crippen molar-refractivity contribution < 1.29 is 19.1 Å². The minimum Gasteiger partial charge on any atom is -0.423 e. The van der Waals surface area contributed by atoms with Crippen molar-refractivity contribution in [3.8, 4) is 11.5 Å². The Labute approximate surface area is 396 Å². The molecule has 11 aromatic carbocycles. The number of carbonyl (C=O) groups is 2. The summed E-state index contributed by atoms with van der Waals surface area (Å²) in [6, 6.07) is 73.4. The Kier molecular flexibility index (Phi) is 10.6. The molecule has 0 aliphatic carbocycles. The van der Waals surface area contributed by atoms with Crippen molar-refractivity contribution in [2.24, 2.45) is 0 Å². The molecular formula is C61H42BrNO4. The molecule has 0 N–H and O–H groups in total. The summed E-state index contributed by atoms with van der Waals surface area (Å²) in [5, 5.41) is 9.41. The molecule has 322 valence electrons. The second-order valence-corrected chi connectivity index (χ2v) is 18.1. The fourth-order valence-corrected chi connectivity index (χ4v) is 9.69. The summed E-state index contributed by atoms with van der Waals surface area (Å²) in [4.78, 5) is 28.8. The van der Waals surface area contributed by atoms with Crippen LogP contribution in [-0.4, -0.2) is 11.9 Å². The third-order valence-electron chi connectivity index (χ3n) is 13.1. The van der Waals surface area contributed by atoms with Gasteiger partial charge in [0.25, 0.3) is 0 Å². The van der Waals surface area contributed by atoms with E-state index in [9.17, 15) is 9.59 Å². The zero-order chi connectivity index (χ0) is 45.6. The van der Waals surface area contributed by atoms with Gasteiger partial charge in [-0.25, -0.2) is 9.59 Å². The molecule has 0 aliphatic heterocycles. The lowest BCUT2D eigenvalue weighted by molar-refractivity contribution is 0.0725. The summed E-state index contributed by atoms with van der Waals surface area (Å²) in [5.74, 6) is 0.0207. The van der Waals surface area contributed by atoms with E-state index in [1.54, 1.807) is 18.2 Å². The van der Waals surface area contributed by atoms with Gasteiger partial charge in [-0.05, 0) is 159 Å². The fraction of sp³-hybridized carbons (Fsp3) is 0.0492. The van der Waals surface area contributed by atoms with Gasteiger partial charge in [-0.15, -0.1) is 0 Å². The number of halogens is 1. The summed E-state index contributed by atoms with van der Waals surface area (Å²) in [7, 11) is 0. The van der Waals surface area contributed by atoms with Gasteiger partial charge in [-0.1, -0.05) is 149 Å². The first-order chi connectivity index (χ1) is 32.7. The van der Waals surface area contributed by atoms with Crippen LogP contribution >= 0.6 is 15.9 Å². The lowest BCUT2D eigenvalue weighted by atomic mass is 9.71. The van der Waals surface area contributed by atoms with Crippen molar-refractivity contribution in [2.45, 2.75) is 19.3 Å². The number of esters is 2. The Morgan fingerprint density at radius 3 is 1.52 bits per heavy atom. The van der Waals surface area contributed by atoms with E-state index in [4.69, 9.17) is 9.47 Å². The number of anilines is 3. The predicted octanol–water partition coefficient (Wildman–Crippen LogP) is 16.1. The van der Waals surface area contributed by atoms with Crippen molar-refractivity contribution in [1.82, 2.24) is 0 Å². The standard InChI is InChI=1S/C61H42BrNO4/c1-39-10-28-51(29-11-39)63(56-37-19-43-14-13-41-8-5-9-42-18-36-55(56)58(43)57(41)42)52-30-20-47(21-31-52)61(2,48-22-32-53(33-23-48)66-59(64)44-16-26-50(62)27-17-44)49-24-34-54(35-25-49)67-60(65)46-15-12-40-6-3-4-7-45(40)38-46/h3-38H,1-2H3. The van der Waals surface area contributed by atoms with E-state index in [-0.39, 0.29) is 0 Å². The van der Waals surface area contributed by atoms with Crippen LogP contribution in [0.4, 0.5) is 17.1 Å². The zero-order valence-corrected chi connectivity index (χ0v) is 38.3. The Balaban J connectivity index is 0.977. The minimum absolute atomic E-state index is 0.423. The van der Waals surface area contributed by atoms with E-state index >= 15 is 0 Å². The van der Waals surface area contributed by atoms with Crippen LogP contribution in [0, 0.1) is 6.92 Å². The SMILES string of the molecule is Cc1ccc(N(c2ccc(C(C)(c3ccc(OC(=O)c4ccc(Br)cc4)cc3)c3ccc(OC(=O)c4ccc5ccccc5c4)cc3)cc2)c2ccc3ccc4cccc5ccc2c3c45)cc1. The number of fused-ring (bicyclic) bond motifs is 1. The first kappa shape index (κ1) is 41.6. The van der Waals surface area contributed by atoms with Gasteiger partial charge in [-0.2, -0.15) is 0 Å². The van der Waals surface area contributed by atoms with E-state index in [0.29, 0.717) is 22.6 Å². The van der Waals surface area contributed by atoms with Crippen molar-refractivity contribution >= 4 is 88.0 Å².